The molecule has 0 amide bonds. The molecule has 0 N–H and O–H groups in total. The van der Waals surface area contributed by atoms with Gasteiger partial charge in [0.25, 0.3) is 0 Å². The highest BCUT2D eigenvalue weighted by Gasteiger charge is 2.48. The zero-order chi connectivity index (χ0) is 14.5. The zero-order valence-corrected chi connectivity index (χ0v) is 12.3. The molecule has 0 radical (unpaired) electrons. The molecular formula is C15H17NO3S. The van der Waals surface area contributed by atoms with Gasteiger partial charge in [0, 0.05) is 18.9 Å². The lowest BCUT2D eigenvalue weighted by Crippen LogP contribution is -2.44. The molecule has 1 aromatic carbocycles. The van der Waals surface area contributed by atoms with E-state index >= 15 is 0 Å². The number of hydrogen-bond acceptors (Lipinski definition) is 3. The van der Waals surface area contributed by atoms with Gasteiger partial charge in [-0.2, -0.15) is 4.31 Å². The van der Waals surface area contributed by atoms with Gasteiger partial charge in [-0.05, 0) is 25.5 Å². The second-order valence-corrected chi connectivity index (χ2v) is 7.57. The summed E-state index contributed by atoms with van der Waals surface area (Å²) in [6, 6.07) is 6.17. The average molecular weight is 291 g/mol. The summed E-state index contributed by atoms with van der Waals surface area (Å²) in [6.07, 6.45) is 4.62. The summed E-state index contributed by atoms with van der Waals surface area (Å²) in [5.74, 6) is -0.0472. The molecule has 3 rings (SSSR count). The third-order valence-electron chi connectivity index (χ3n) is 4.27. The molecule has 2 aliphatic rings. The minimum absolute atomic E-state index is 0.0238. The van der Waals surface area contributed by atoms with E-state index in [2.05, 4.69) is 0 Å². The highest BCUT2D eigenvalue weighted by molar-refractivity contribution is 7.89. The fourth-order valence-electron chi connectivity index (χ4n) is 3.08. The molecule has 2 unspecified atom stereocenters. The Morgan fingerprint density at radius 1 is 1.15 bits per heavy atom. The third-order valence-corrected chi connectivity index (χ3v) is 6.12. The first-order valence-electron chi connectivity index (χ1n) is 6.68. The smallest absolute Gasteiger partial charge is 0.243 e. The van der Waals surface area contributed by atoms with Crippen molar-refractivity contribution in [1.82, 2.24) is 4.31 Å². The summed E-state index contributed by atoms with van der Waals surface area (Å²) in [6.45, 7) is 1.91. The van der Waals surface area contributed by atoms with E-state index in [4.69, 9.17) is 0 Å². The van der Waals surface area contributed by atoms with Crippen LogP contribution in [0.1, 0.15) is 12.0 Å². The Kier molecular flexibility index (Phi) is 3.06. The van der Waals surface area contributed by atoms with E-state index in [1.807, 2.05) is 19.1 Å². The molecule has 0 heterocycles. The van der Waals surface area contributed by atoms with E-state index < -0.39 is 16.1 Å². The Morgan fingerprint density at radius 3 is 2.35 bits per heavy atom. The molecule has 1 saturated carbocycles. The maximum atomic E-state index is 12.6. The number of rotatable bonds is 3. The average Bonchev–Trinajstić information content (AvgIpc) is 2.99. The van der Waals surface area contributed by atoms with E-state index in [0.29, 0.717) is 0 Å². The van der Waals surface area contributed by atoms with Crippen LogP contribution >= 0.6 is 0 Å². The number of aryl methyl sites for hydroxylation is 1. The molecule has 2 bridgehead atoms. The van der Waals surface area contributed by atoms with Crippen LogP contribution in [0.25, 0.3) is 0 Å². The first-order valence-corrected chi connectivity index (χ1v) is 8.12. The van der Waals surface area contributed by atoms with Gasteiger partial charge in [0.05, 0.1) is 10.9 Å². The largest absolute Gasteiger partial charge is 0.297 e. The van der Waals surface area contributed by atoms with Gasteiger partial charge in [0.1, 0.15) is 0 Å². The molecule has 3 atom stereocenters. The lowest BCUT2D eigenvalue weighted by atomic mass is 10.0. The monoisotopic (exact) mass is 291 g/mol. The Balaban J connectivity index is 1.94. The van der Waals surface area contributed by atoms with Crippen LogP contribution in [-0.2, 0) is 14.8 Å². The first kappa shape index (κ1) is 13.5. The van der Waals surface area contributed by atoms with Crippen LogP contribution in [0.4, 0.5) is 0 Å². The number of likely N-dealkylation sites (N-methyl/N-ethyl adjacent to an activating group) is 1. The number of ketones is 1. The van der Waals surface area contributed by atoms with Gasteiger partial charge in [0.15, 0.2) is 5.78 Å². The van der Waals surface area contributed by atoms with Gasteiger partial charge in [-0.3, -0.25) is 4.79 Å². The van der Waals surface area contributed by atoms with Crippen LogP contribution in [0.15, 0.2) is 41.3 Å². The fourth-order valence-corrected chi connectivity index (χ4v) is 4.45. The minimum Gasteiger partial charge on any atom is -0.297 e. The van der Waals surface area contributed by atoms with Crippen molar-refractivity contribution in [3.8, 4) is 0 Å². The maximum absolute atomic E-state index is 12.6. The summed E-state index contributed by atoms with van der Waals surface area (Å²) >= 11 is 0. The molecule has 0 aliphatic heterocycles. The predicted octanol–water partition coefficient (Wildman–Crippen LogP) is 1.76. The number of nitrogens with zero attached hydrogens (tertiary/aromatic N) is 1. The summed E-state index contributed by atoms with van der Waals surface area (Å²) in [4.78, 5) is 12.4. The Labute approximate surface area is 119 Å². The van der Waals surface area contributed by atoms with Gasteiger partial charge >= 0.3 is 0 Å². The molecule has 1 fully saturated rings. The highest BCUT2D eigenvalue weighted by Crippen LogP contribution is 2.40. The lowest BCUT2D eigenvalue weighted by Gasteiger charge is -2.27. The number of carbonyl (C=O) groups is 1. The van der Waals surface area contributed by atoms with E-state index in [1.165, 1.54) is 11.4 Å². The molecule has 0 saturated heterocycles. The van der Waals surface area contributed by atoms with Gasteiger partial charge in [-0.15, -0.1) is 0 Å². The molecular weight excluding hydrogens is 274 g/mol. The first-order chi connectivity index (χ1) is 9.41. The summed E-state index contributed by atoms with van der Waals surface area (Å²) < 4.78 is 26.4. The topological polar surface area (TPSA) is 54.5 Å². The zero-order valence-electron chi connectivity index (χ0n) is 11.5. The van der Waals surface area contributed by atoms with Gasteiger partial charge in [0.2, 0.25) is 10.0 Å². The summed E-state index contributed by atoms with van der Waals surface area (Å²) in [5.41, 5.74) is 1.01. The minimum atomic E-state index is -3.62. The van der Waals surface area contributed by atoms with Gasteiger partial charge < -0.3 is 0 Å². The summed E-state index contributed by atoms with van der Waals surface area (Å²) in [7, 11) is -2.11. The standard InChI is InChI=1S/C15H17NO3S/c1-10-3-7-13(8-4-10)20(18,19)16(2)14-11-5-6-12(9-11)15(14)17/h3-8,11-12,14H,9H2,1-2H3/t11?,12?,14-/m1/s1. The molecule has 20 heavy (non-hydrogen) atoms. The van der Waals surface area contributed by atoms with Crippen LogP contribution in [0.2, 0.25) is 0 Å². The van der Waals surface area contributed by atoms with Crippen molar-refractivity contribution in [2.75, 3.05) is 7.05 Å². The number of fused-ring (bicyclic) bond motifs is 2. The van der Waals surface area contributed by atoms with Crippen LogP contribution in [0.3, 0.4) is 0 Å². The lowest BCUT2D eigenvalue weighted by molar-refractivity contribution is -0.122. The Morgan fingerprint density at radius 2 is 1.80 bits per heavy atom. The van der Waals surface area contributed by atoms with Crippen molar-refractivity contribution in [3.05, 3.63) is 42.0 Å². The van der Waals surface area contributed by atoms with Crippen LogP contribution in [0, 0.1) is 18.8 Å². The number of allylic oxidation sites excluding steroid dienone is 1. The Hall–Kier alpha value is -1.46. The van der Waals surface area contributed by atoms with Crippen LogP contribution in [0.5, 0.6) is 0 Å². The number of carbonyl (C=O) groups excluding carboxylic acids is 1. The molecule has 4 nitrogen and oxygen atoms in total. The molecule has 0 aromatic heterocycles. The maximum Gasteiger partial charge on any atom is 0.243 e. The van der Waals surface area contributed by atoms with Crippen LogP contribution in [-0.4, -0.2) is 31.6 Å². The van der Waals surface area contributed by atoms with Crippen molar-refractivity contribution < 1.29 is 13.2 Å². The third kappa shape index (κ3) is 1.93. The van der Waals surface area contributed by atoms with E-state index in [0.717, 1.165) is 12.0 Å². The highest BCUT2D eigenvalue weighted by atomic mass is 32.2. The molecule has 2 aliphatic carbocycles. The molecule has 5 heteroatoms. The van der Waals surface area contributed by atoms with E-state index in [9.17, 15) is 13.2 Å². The number of hydrogen-bond donors (Lipinski definition) is 0. The van der Waals surface area contributed by atoms with Crippen molar-refractivity contribution in [1.29, 1.82) is 0 Å². The molecule has 106 valence electrons. The molecule has 1 aromatic rings. The van der Waals surface area contributed by atoms with Crippen molar-refractivity contribution in [2.24, 2.45) is 11.8 Å². The number of Topliss-reactive ketones (excluding diaryl/α,β-unsaturated/α-hetero) is 1. The predicted molar refractivity (Wildman–Crippen MR) is 75.7 cm³/mol. The normalized spacial score (nSPS) is 28.6. The van der Waals surface area contributed by atoms with E-state index in [1.54, 1.807) is 24.3 Å². The summed E-state index contributed by atoms with van der Waals surface area (Å²) in [5, 5.41) is 0. The number of benzene rings is 1. The SMILES string of the molecule is Cc1ccc(S(=O)(=O)N(C)[C@H]2C(=O)C3C=CC2C3)cc1. The second kappa shape index (κ2) is 4.53. The Bertz CT molecular complexity index is 676. The molecule has 0 spiro atoms. The van der Waals surface area contributed by atoms with Crippen molar-refractivity contribution >= 4 is 15.8 Å². The van der Waals surface area contributed by atoms with E-state index in [-0.39, 0.29) is 22.5 Å². The van der Waals surface area contributed by atoms with Gasteiger partial charge in [-0.1, -0.05) is 29.8 Å². The van der Waals surface area contributed by atoms with Gasteiger partial charge in [-0.25, -0.2) is 8.42 Å². The van der Waals surface area contributed by atoms with Crippen molar-refractivity contribution in [2.45, 2.75) is 24.3 Å². The second-order valence-electron chi connectivity index (χ2n) is 5.57. The van der Waals surface area contributed by atoms with Crippen molar-refractivity contribution in [3.63, 3.8) is 0 Å². The van der Waals surface area contributed by atoms with Crippen LogP contribution < -0.4 is 0 Å². The fraction of sp³-hybridized carbons (Fsp3) is 0.400. The quantitative estimate of drug-likeness (QED) is 0.797. The number of sulfonamides is 1.